The monoisotopic (exact) mass is 324 g/mol. The molecular formula is C17H20N6O. The lowest BCUT2D eigenvalue weighted by molar-refractivity contribution is -0.115. The molecule has 0 fully saturated rings. The summed E-state index contributed by atoms with van der Waals surface area (Å²) in [4.78, 5) is 26.2. The number of anilines is 2. The maximum absolute atomic E-state index is 12.4. The van der Waals surface area contributed by atoms with Crippen LogP contribution in [0.25, 0.3) is 0 Å². The van der Waals surface area contributed by atoms with Crippen molar-refractivity contribution in [2.45, 2.75) is 20.8 Å². The number of rotatable bonds is 5. The molecule has 0 spiro atoms. The largest absolute Gasteiger partial charge is 0.347 e. The Bertz CT molecular complexity index is 733. The zero-order valence-electron chi connectivity index (χ0n) is 14.0. The summed E-state index contributed by atoms with van der Waals surface area (Å²) in [5, 5.41) is 11.8. The molecule has 0 aromatic carbocycles. The quantitative estimate of drug-likeness (QED) is 0.906. The van der Waals surface area contributed by atoms with E-state index in [9.17, 15) is 4.79 Å². The van der Waals surface area contributed by atoms with Gasteiger partial charge in [-0.05, 0) is 23.6 Å². The molecule has 0 saturated heterocycles. The Morgan fingerprint density at radius 2 is 1.96 bits per heavy atom. The summed E-state index contributed by atoms with van der Waals surface area (Å²) in [7, 11) is 0. The zero-order chi connectivity index (χ0) is 17.6. The number of amides is 1. The van der Waals surface area contributed by atoms with Crippen LogP contribution in [0.2, 0.25) is 0 Å². The second kappa shape index (κ2) is 7.51. The van der Waals surface area contributed by atoms with Crippen LogP contribution in [-0.2, 0) is 4.79 Å². The summed E-state index contributed by atoms with van der Waals surface area (Å²) < 4.78 is 0. The fourth-order valence-corrected chi connectivity index (χ4v) is 2.18. The topological polar surface area (TPSA) is 94.8 Å². The van der Waals surface area contributed by atoms with Crippen LogP contribution in [0, 0.1) is 16.7 Å². The minimum atomic E-state index is -0.164. The van der Waals surface area contributed by atoms with Crippen molar-refractivity contribution in [3.63, 3.8) is 0 Å². The van der Waals surface area contributed by atoms with Gasteiger partial charge in [0.25, 0.3) is 0 Å². The standard InChI is InChI=1S/C17H20N6O/c1-17(2,3)12-23(15-6-9-20-14(10-18)22-15)11-16(24)21-13-4-7-19-8-5-13/h4-9H,11-12H2,1-3H3,(H,19,21,24). The molecule has 0 atom stereocenters. The molecule has 7 nitrogen and oxygen atoms in total. The van der Waals surface area contributed by atoms with Crippen molar-refractivity contribution in [3.05, 3.63) is 42.6 Å². The van der Waals surface area contributed by atoms with Gasteiger partial charge in [-0.3, -0.25) is 9.78 Å². The minimum Gasteiger partial charge on any atom is -0.347 e. The molecule has 0 radical (unpaired) electrons. The summed E-state index contributed by atoms with van der Waals surface area (Å²) in [6, 6.07) is 7.08. The van der Waals surface area contributed by atoms with Crippen molar-refractivity contribution in [1.29, 1.82) is 5.26 Å². The van der Waals surface area contributed by atoms with E-state index in [1.54, 1.807) is 30.6 Å². The fraction of sp³-hybridized carbons (Fsp3) is 0.353. The predicted octanol–water partition coefficient (Wildman–Crippen LogP) is 2.23. The number of nitriles is 1. The average Bonchev–Trinajstić information content (AvgIpc) is 2.54. The van der Waals surface area contributed by atoms with Crippen LogP contribution < -0.4 is 10.2 Å². The van der Waals surface area contributed by atoms with E-state index < -0.39 is 0 Å². The molecule has 2 rings (SSSR count). The van der Waals surface area contributed by atoms with E-state index in [0.717, 1.165) is 0 Å². The molecule has 0 aliphatic carbocycles. The van der Waals surface area contributed by atoms with Crippen molar-refractivity contribution >= 4 is 17.4 Å². The summed E-state index contributed by atoms with van der Waals surface area (Å²) in [5.41, 5.74) is 0.639. The third kappa shape index (κ3) is 5.32. The highest BCUT2D eigenvalue weighted by Gasteiger charge is 2.20. The molecule has 0 bridgehead atoms. The van der Waals surface area contributed by atoms with Crippen LogP contribution in [0.5, 0.6) is 0 Å². The fourth-order valence-electron chi connectivity index (χ4n) is 2.18. The molecule has 24 heavy (non-hydrogen) atoms. The number of nitrogens with one attached hydrogen (secondary N) is 1. The van der Waals surface area contributed by atoms with Gasteiger partial charge in [0.2, 0.25) is 11.7 Å². The molecular weight excluding hydrogens is 304 g/mol. The van der Waals surface area contributed by atoms with Gasteiger partial charge in [0.05, 0.1) is 6.54 Å². The zero-order valence-corrected chi connectivity index (χ0v) is 14.0. The van der Waals surface area contributed by atoms with Crippen LogP contribution in [0.1, 0.15) is 26.6 Å². The lowest BCUT2D eigenvalue weighted by Gasteiger charge is -2.30. The van der Waals surface area contributed by atoms with E-state index in [1.165, 1.54) is 6.20 Å². The van der Waals surface area contributed by atoms with Gasteiger partial charge in [0.15, 0.2) is 0 Å². The summed E-state index contributed by atoms with van der Waals surface area (Å²) in [6.07, 6.45) is 4.76. The summed E-state index contributed by atoms with van der Waals surface area (Å²) >= 11 is 0. The first-order valence-corrected chi connectivity index (χ1v) is 7.55. The number of pyridine rings is 1. The van der Waals surface area contributed by atoms with Crippen LogP contribution in [0.4, 0.5) is 11.5 Å². The summed E-state index contributed by atoms with van der Waals surface area (Å²) in [6.45, 7) is 6.97. The maximum atomic E-state index is 12.4. The van der Waals surface area contributed by atoms with E-state index in [1.807, 2.05) is 11.0 Å². The molecule has 2 aromatic rings. The molecule has 1 N–H and O–H groups in total. The first kappa shape index (κ1) is 17.3. The normalized spacial score (nSPS) is 10.8. The van der Waals surface area contributed by atoms with Gasteiger partial charge in [0, 0.05) is 30.8 Å². The third-order valence-electron chi connectivity index (χ3n) is 3.03. The molecule has 0 saturated carbocycles. The molecule has 2 heterocycles. The van der Waals surface area contributed by atoms with Gasteiger partial charge in [-0.2, -0.15) is 5.26 Å². The molecule has 0 aliphatic rings. The van der Waals surface area contributed by atoms with E-state index in [4.69, 9.17) is 5.26 Å². The molecule has 7 heteroatoms. The smallest absolute Gasteiger partial charge is 0.243 e. The third-order valence-corrected chi connectivity index (χ3v) is 3.03. The van der Waals surface area contributed by atoms with Crippen LogP contribution in [0.3, 0.4) is 0 Å². The number of hydrogen-bond acceptors (Lipinski definition) is 6. The van der Waals surface area contributed by atoms with E-state index in [0.29, 0.717) is 18.1 Å². The summed E-state index contributed by atoms with van der Waals surface area (Å²) in [5.74, 6) is 0.477. The molecule has 124 valence electrons. The van der Waals surface area contributed by atoms with Gasteiger partial charge in [-0.25, -0.2) is 9.97 Å². The first-order valence-electron chi connectivity index (χ1n) is 7.55. The highest BCUT2D eigenvalue weighted by molar-refractivity contribution is 5.93. The van der Waals surface area contributed by atoms with Gasteiger partial charge in [-0.1, -0.05) is 20.8 Å². The van der Waals surface area contributed by atoms with Gasteiger partial charge < -0.3 is 10.2 Å². The number of aromatic nitrogens is 3. The number of carbonyl (C=O) groups excluding carboxylic acids is 1. The van der Waals surface area contributed by atoms with Gasteiger partial charge in [0.1, 0.15) is 11.9 Å². The lowest BCUT2D eigenvalue weighted by atomic mass is 9.96. The first-order chi connectivity index (χ1) is 11.4. The lowest BCUT2D eigenvalue weighted by Crippen LogP contribution is -2.39. The Kier molecular flexibility index (Phi) is 5.42. The van der Waals surface area contributed by atoms with Crippen LogP contribution in [-0.4, -0.2) is 33.9 Å². The predicted molar refractivity (Wildman–Crippen MR) is 91.3 cm³/mol. The van der Waals surface area contributed by atoms with Crippen molar-refractivity contribution in [1.82, 2.24) is 15.0 Å². The van der Waals surface area contributed by atoms with Crippen LogP contribution in [0.15, 0.2) is 36.8 Å². The number of carbonyl (C=O) groups is 1. The van der Waals surface area contributed by atoms with Gasteiger partial charge >= 0.3 is 0 Å². The number of nitrogens with zero attached hydrogens (tertiary/aromatic N) is 5. The maximum Gasteiger partial charge on any atom is 0.243 e. The molecule has 0 unspecified atom stereocenters. The van der Waals surface area contributed by atoms with Crippen molar-refractivity contribution in [2.24, 2.45) is 5.41 Å². The van der Waals surface area contributed by atoms with Crippen LogP contribution >= 0.6 is 0 Å². The average molecular weight is 324 g/mol. The van der Waals surface area contributed by atoms with Crippen molar-refractivity contribution in [3.8, 4) is 6.07 Å². The number of hydrogen-bond donors (Lipinski definition) is 1. The highest BCUT2D eigenvalue weighted by atomic mass is 16.2. The van der Waals surface area contributed by atoms with Crippen molar-refractivity contribution < 1.29 is 4.79 Å². The second-order valence-electron chi connectivity index (χ2n) is 6.55. The van der Waals surface area contributed by atoms with Crippen molar-refractivity contribution in [2.75, 3.05) is 23.3 Å². The molecule has 0 aliphatic heterocycles. The Morgan fingerprint density at radius 3 is 2.58 bits per heavy atom. The molecule has 1 amide bonds. The second-order valence-corrected chi connectivity index (χ2v) is 6.55. The SMILES string of the molecule is CC(C)(C)CN(CC(=O)Nc1ccncc1)c1ccnc(C#N)n1. The molecule has 2 aromatic heterocycles. The Labute approximate surface area is 141 Å². The van der Waals surface area contributed by atoms with E-state index >= 15 is 0 Å². The van der Waals surface area contributed by atoms with E-state index in [2.05, 4.69) is 41.0 Å². The Morgan fingerprint density at radius 1 is 1.25 bits per heavy atom. The highest BCUT2D eigenvalue weighted by Crippen LogP contribution is 2.20. The minimum absolute atomic E-state index is 0.0469. The Hall–Kier alpha value is -3.01. The Balaban J connectivity index is 2.17. The van der Waals surface area contributed by atoms with Gasteiger partial charge in [-0.15, -0.1) is 0 Å². The van der Waals surface area contributed by atoms with E-state index in [-0.39, 0.29) is 23.7 Å².